The summed E-state index contributed by atoms with van der Waals surface area (Å²) < 4.78 is 66.2. The molecule has 0 amide bonds. The fraction of sp³-hybridized carbons (Fsp3) is 0.133. The van der Waals surface area contributed by atoms with Crippen molar-refractivity contribution < 1.29 is 36.2 Å². The lowest BCUT2D eigenvalue weighted by Gasteiger charge is -2.23. The van der Waals surface area contributed by atoms with E-state index < -0.39 is 39.5 Å². The summed E-state index contributed by atoms with van der Waals surface area (Å²) in [5, 5.41) is 9.32. The number of halogens is 4. The third kappa shape index (κ3) is 5.02. The van der Waals surface area contributed by atoms with Gasteiger partial charge in [0.15, 0.2) is 0 Å². The molecule has 0 aromatic heterocycles. The maximum absolute atomic E-state index is 12.7. The Morgan fingerprint density at radius 3 is 2.08 bits per heavy atom. The molecule has 6 nitrogen and oxygen atoms in total. The number of aliphatic carboxylic acids is 1. The number of carboxylic acid groups (broad SMARTS) is 1. The molecule has 11 heteroatoms. The summed E-state index contributed by atoms with van der Waals surface area (Å²) in [7, 11) is -4.35. The van der Waals surface area contributed by atoms with Crippen molar-refractivity contribution in [1.29, 1.82) is 0 Å². The van der Waals surface area contributed by atoms with Crippen LogP contribution in [0.4, 0.5) is 18.9 Å². The van der Waals surface area contributed by atoms with Gasteiger partial charge in [0.25, 0.3) is 10.0 Å². The Morgan fingerprint density at radius 1 is 1.08 bits per heavy atom. The van der Waals surface area contributed by atoms with Gasteiger partial charge in [-0.05, 0) is 48.5 Å². The molecule has 0 spiro atoms. The molecule has 0 fully saturated rings. The molecule has 0 bridgehead atoms. The lowest BCUT2D eigenvalue weighted by molar-refractivity contribution is -0.274. The molecule has 26 heavy (non-hydrogen) atoms. The minimum Gasteiger partial charge on any atom is -0.480 e. The van der Waals surface area contributed by atoms with Crippen LogP contribution in [0.3, 0.4) is 0 Å². The Hall–Kier alpha value is -2.46. The summed E-state index contributed by atoms with van der Waals surface area (Å²) in [5.74, 6) is -2.02. The molecular weight excluding hydrogens is 399 g/mol. The Kier molecular flexibility index (Phi) is 5.67. The zero-order valence-electron chi connectivity index (χ0n) is 12.8. The Labute approximate surface area is 151 Å². The van der Waals surface area contributed by atoms with E-state index >= 15 is 0 Å². The average Bonchev–Trinajstić information content (AvgIpc) is 2.52. The van der Waals surface area contributed by atoms with Gasteiger partial charge in [0.2, 0.25) is 0 Å². The Bertz CT molecular complexity index is 883. The summed E-state index contributed by atoms with van der Waals surface area (Å²) in [5.41, 5.74) is 0.0346. The fourth-order valence-electron chi connectivity index (χ4n) is 1.99. The largest absolute Gasteiger partial charge is 0.573 e. The minimum absolute atomic E-state index is 0.0346. The van der Waals surface area contributed by atoms with Crippen LogP contribution in [0.25, 0.3) is 0 Å². The van der Waals surface area contributed by atoms with Gasteiger partial charge < -0.3 is 9.84 Å². The van der Waals surface area contributed by atoms with E-state index in [1.807, 2.05) is 0 Å². The second kappa shape index (κ2) is 7.42. The highest BCUT2D eigenvalue weighted by Gasteiger charge is 2.32. The number of benzene rings is 2. The molecular formula is C15H11ClF3NO5S. The van der Waals surface area contributed by atoms with E-state index in [-0.39, 0.29) is 5.69 Å². The van der Waals surface area contributed by atoms with Crippen molar-refractivity contribution in [1.82, 2.24) is 0 Å². The smallest absolute Gasteiger partial charge is 0.480 e. The lowest BCUT2D eigenvalue weighted by Crippen LogP contribution is -2.35. The first-order valence-electron chi connectivity index (χ1n) is 6.85. The van der Waals surface area contributed by atoms with Crippen LogP contribution in [-0.2, 0) is 14.8 Å². The third-order valence-corrected chi connectivity index (χ3v) is 5.08. The molecule has 0 heterocycles. The molecule has 2 aromatic carbocycles. The molecule has 0 radical (unpaired) electrons. The zero-order valence-corrected chi connectivity index (χ0v) is 14.3. The van der Waals surface area contributed by atoms with Gasteiger partial charge in [-0.15, -0.1) is 13.2 Å². The van der Waals surface area contributed by atoms with Crippen molar-refractivity contribution in [2.24, 2.45) is 0 Å². The van der Waals surface area contributed by atoms with Crippen molar-refractivity contribution >= 4 is 33.3 Å². The number of nitrogens with zero attached hydrogens (tertiary/aromatic N) is 1. The van der Waals surface area contributed by atoms with Gasteiger partial charge in [0, 0.05) is 5.02 Å². The first kappa shape index (κ1) is 19.9. The molecule has 0 aliphatic rings. The van der Waals surface area contributed by atoms with E-state index in [2.05, 4.69) is 4.74 Å². The van der Waals surface area contributed by atoms with Crippen molar-refractivity contribution in [3.63, 3.8) is 0 Å². The van der Waals surface area contributed by atoms with Crippen LogP contribution in [0.15, 0.2) is 53.4 Å². The highest BCUT2D eigenvalue weighted by Crippen LogP contribution is 2.28. The predicted octanol–water partition coefficient (Wildman–Crippen LogP) is 3.52. The van der Waals surface area contributed by atoms with Crippen LogP contribution in [0, 0.1) is 0 Å². The average molecular weight is 410 g/mol. The molecule has 2 rings (SSSR count). The van der Waals surface area contributed by atoms with E-state index in [0.717, 1.165) is 24.3 Å². The van der Waals surface area contributed by atoms with Crippen LogP contribution in [0.2, 0.25) is 5.02 Å². The van der Waals surface area contributed by atoms with E-state index in [9.17, 15) is 26.4 Å². The minimum atomic E-state index is -4.92. The molecule has 0 aliphatic heterocycles. The van der Waals surface area contributed by atoms with E-state index in [4.69, 9.17) is 16.7 Å². The van der Waals surface area contributed by atoms with E-state index in [0.29, 0.717) is 9.33 Å². The molecule has 0 saturated carbocycles. The van der Waals surface area contributed by atoms with E-state index in [1.54, 1.807) is 0 Å². The predicted molar refractivity (Wildman–Crippen MR) is 86.7 cm³/mol. The van der Waals surface area contributed by atoms with Crippen LogP contribution < -0.4 is 9.04 Å². The number of rotatable bonds is 6. The highest BCUT2D eigenvalue weighted by molar-refractivity contribution is 7.92. The molecule has 1 N–H and O–H groups in total. The molecule has 0 aliphatic carbocycles. The summed E-state index contributed by atoms with van der Waals surface area (Å²) >= 11 is 5.73. The lowest BCUT2D eigenvalue weighted by atomic mass is 10.3. The number of sulfonamides is 1. The van der Waals surface area contributed by atoms with Crippen molar-refractivity contribution in [2.75, 3.05) is 10.8 Å². The fourth-order valence-corrected chi connectivity index (χ4v) is 3.53. The van der Waals surface area contributed by atoms with Gasteiger partial charge in [0.1, 0.15) is 12.3 Å². The molecule has 140 valence electrons. The van der Waals surface area contributed by atoms with Gasteiger partial charge in [-0.1, -0.05) is 11.6 Å². The summed E-state index contributed by atoms with van der Waals surface area (Å²) in [6.45, 7) is -0.884. The molecule has 2 aromatic rings. The first-order chi connectivity index (χ1) is 12.0. The number of hydrogen-bond donors (Lipinski definition) is 1. The third-order valence-electron chi connectivity index (χ3n) is 3.04. The topological polar surface area (TPSA) is 83.9 Å². The van der Waals surface area contributed by atoms with Crippen LogP contribution in [0.5, 0.6) is 5.75 Å². The zero-order chi connectivity index (χ0) is 19.5. The second-order valence-corrected chi connectivity index (χ2v) is 7.20. The van der Waals surface area contributed by atoms with Crippen LogP contribution >= 0.6 is 11.6 Å². The van der Waals surface area contributed by atoms with Gasteiger partial charge in [-0.2, -0.15) is 0 Å². The van der Waals surface area contributed by atoms with Crippen molar-refractivity contribution in [3.05, 3.63) is 53.6 Å². The van der Waals surface area contributed by atoms with Gasteiger partial charge >= 0.3 is 12.3 Å². The van der Waals surface area contributed by atoms with Crippen molar-refractivity contribution in [2.45, 2.75) is 11.3 Å². The van der Waals surface area contributed by atoms with Gasteiger partial charge in [-0.25, -0.2) is 8.42 Å². The second-order valence-electron chi connectivity index (χ2n) is 4.90. The summed E-state index contributed by atoms with van der Waals surface area (Å²) in [6, 6.07) is 8.79. The standard InChI is InChI=1S/C15H11ClF3NO5S/c16-10-1-3-11(4-2-10)20(9-14(21)22)26(23,24)13-7-5-12(6-8-13)25-15(17,18)19/h1-8H,9H2,(H,21,22). The van der Waals surface area contributed by atoms with Crippen LogP contribution in [-0.4, -0.2) is 32.4 Å². The van der Waals surface area contributed by atoms with E-state index in [1.165, 1.54) is 24.3 Å². The number of alkyl halides is 3. The Morgan fingerprint density at radius 2 is 1.62 bits per heavy atom. The number of hydrogen-bond acceptors (Lipinski definition) is 4. The highest BCUT2D eigenvalue weighted by atomic mass is 35.5. The van der Waals surface area contributed by atoms with Gasteiger partial charge in [-0.3, -0.25) is 9.10 Å². The molecule has 0 unspecified atom stereocenters. The first-order valence-corrected chi connectivity index (χ1v) is 8.67. The quantitative estimate of drug-likeness (QED) is 0.789. The number of carboxylic acids is 1. The van der Waals surface area contributed by atoms with Gasteiger partial charge in [0.05, 0.1) is 10.6 Å². The maximum atomic E-state index is 12.7. The number of ether oxygens (including phenoxy) is 1. The summed E-state index contributed by atoms with van der Waals surface area (Å²) in [6.07, 6.45) is -4.92. The number of carbonyl (C=O) groups is 1. The summed E-state index contributed by atoms with van der Waals surface area (Å²) in [4.78, 5) is 10.7. The SMILES string of the molecule is O=C(O)CN(c1ccc(Cl)cc1)S(=O)(=O)c1ccc(OC(F)(F)F)cc1. The maximum Gasteiger partial charge on any atom is 0.573 e. The normalized spacial score (nSPS) is 11.8. The molecule has 0 saturated heterocycles. The number of anilines is 1. The molecule has 0 atom stereocenters. The van der Waals surface area contributed by atoms with Crippen molar-refractivity contribution in [3.8, 4) is 5.75 Å². The monoisotopic (exact) mass is 409 g/mol. The van der Waals surface area contributed by atoms with Crippen LogP contribution in [0.1, 0.15) is 0 Å². The Balaban J connectivity index is 2.40.